The van der Waals surface area contributed by atoms with Crippen LogP contribution in [0.25, 0.3) is 0 Å². The lowest BCUT2D eigenvalue weighted by molar-refractivity contribution is 0.251. The first kappa shape index (κ1) is 17.4. The van der Waals surface area contributed by atoms with Gasteiger partial charge in [0.2, 0.25) is 10.0 Å². The van der Waals surface area contributed by atoms with E-state index in [-0.39, 0.29) is 11.4 Å². The van der Waals surface area contributed by atoms with Crippen molar-refractivity contribution in [2.45, 2.75) is 30.8 Å². The number of sulfonamides is 1. The summed E-state index contributed by atoms with van der Waals surface area (Å²) in [5, 5.41) is 13.5. The number of carbonyl (C=O) groups is 1. The van der Waals surface area contributed by atoms with Crippen molar-refractivity contribution in [3.8, 4) is 0 Å². The number of carbonyl (C=O) groups excluding carboxylic acids is 1. The molecule has 0 saturated heterocycles. The Hall–Kier alpha value is -2.46. The monoisotopic (exact) mass is 364 g/mol. The van der Waals surface area contributed by atoms with Crippen molar-refractivity contribution in [3.63, 3.8) is 0 Å². The number of urea groups is 1. The maximum atomic E-state index is 12.1. The molecule has 25 heavy (non-hydrogen) atoms. The molecule has 0 saturated carbocycles. The first-order chi connectivity index (χ1) is 11.9. The highest BCUT2D eigenvalue weighted by atomic mass is 32.2. The van der Waals surface area contributed by atoms with E-state index in [2.05, 4.69) is 20.8 Å². The summed E-state index contributed by atoms with van der Waals surface area (Å²) in [4.78, 5) is 12.2. The number of nitrogens with zero attached hydrogens (tertiary/aromatic N) is 4. The third-order valence-corrected chi connectivity index (χ3v) is 5.77. The quantitative estimate of drug-likeness (QED) is 0.815. The number of hydrogen-bond donors (Lipinski definition) is 2. The van der Waals surface area contributed by atoms with E-state index in [9.17, 15) is 13.2 Å². The van der Waals surface area contributed by atoms with Crippen LogP contribution in [-0.4, -0.2) is 47.6 Å². The Bertz CT molecular complexity index is 890. The average molecular weight is 364 g/mol. The second-order valence-corrected chi connectivity index (χ2v) is 8.06. The lowest BCUT2D eigenvalue weighted by Gasteiger charge is -2.13. The van der Waals surface area contributed by atoms with E-state index in [0.717, 1.165) is 29.5 Å². The summed E-state index contributed by atoms with van der Waals surface area (Å²) in [7, 11) is -0.635. The molecular formula is C15H20N6O3S. The Kier molecular flexibility index (Phi) is 4.73. The third kappa shape index (κ3) is 3.64. The lowest BCUT2D eigenvalue weighted by Crippen LogP contribution is -2.29. The standard InChI is InChI=1S/C15H20N6O3S/c1-20(2)25(23,24)12-6-3-5-11(9-12)17-15(22)16-10-14-19-18-13-7-4-8-21(13)14/h3,5-6,9H,4,7-8,10H2,1-2H3,(H2,16,17,22). The minimum absolute atomic E-state index is 0.116. The molecule has 1 aromatic heterocycles. The fraction of sp³-hybridized carbons (Fsp3) is 0.400. The molecule has 2 N–H and O–H groups in total. The first-order valence-corrected chi connectivity index (χ1v) is 9.30. The van der Waals surface area contributed by atoms with Gasteiger partial charge in [0, 0.05) is 32.7 Å². The summed E-state index contributed by atoms with van der Waals surface area (Å²) in [6.45, 7) is 1.12. The van der Waals surface area contributed by atoms with Gasteiger partial charge in [0.25, 0.3) is 0 Å². The van der Waals surface area contributed by atoms with Gasteiger partial charge in [-0.2, -0.15) is 0 Å². The predicted octanol–water partition coefficient (Wildman–Crippen LogP) is 0.796. The molecule has 134 valence electrons. The van der Waals surface area contributed by atoms with Crippen LogP contribution in [-0.2, 0) is 29.5 Å². The summed E-state index contributed by atoms with van der Waals surface area (Å²) >= 11 is 0. The molecule has 0 atom stereocenters. The lowest BCUT2D eigenvalue weighted by atomic mass is 10.3. The van der Waals surface area contributed by atoms with Crippen LogP contribution in [0.3, 0.4) is 0 Å². The number of aryl methyl sites for hydroxylation is 1. The number of aromatic nitrogens is 3. The highest BCUT2D eigenvalue weighted by Gasteiger charge is 2.19. The smallest absolute Gasteiger partial charge is 0.319 e. The Morgan fingerprint density at radius 2 is 2.12 bits per heavy atom. The molecule has 2 aromatic rings. The van der Waals surface area contributed by atoms with Gasteiger partial charge >= 0.3 is 6.03 Å². The van der Waals surface area contributed by atoms with Crippen LogP contribution in [0.5, 0.6) is 0 Å². The second kappa shape index (κ2) is 6.81. The van der Waals surface area contributed by atoms with E-state index in [0.29, 0.717) is 11.5 Å². The van der Waals surface area contributed by atoms with E-state index in [1.54, 1.807) is 12.1 Å². The van der Waals surface area contributed by atoms with Crippen LogP contribution in [0, 0.1) is 0 Å². The Morgan fingerprint density at radius 3 is 2.88 bits per heavy atom. The topological polar surface area (TPSA) is 109 Å². The Morgan fingerprint density at radius 1 is 1.32 bits per heavy atom. The van der Waals surface area contributed by atoms with Gasteiger partial charge in [-0.25, -0.2) is 17.5 Å². The van der Waals surface area contributed by atoms with Crippen LogP contribution in [0.1, 0.15) is 18.1 Å². The molecule has 1 aromatic carbocycles. The van der Waals surface area contributed by atoms with Crippen molar-refractivity contribution in [1.82, 2.24) is 24.4 Å². The number of rotatable bonds is 5. The van der Waals surface area contributed by atoms with Gasteiger partial charge < -0.3 is 15.2 Å². The molecule has 2 heterocycles. The number of hydrogen-bond acceptors (Lipinski definition) is 5. The normalized spacial score (nSPS) is 13.7. The molecule has 0 fully saturated rings. The minimum Gasteiger partial charge on any atom is -0.331 e. The number of amides is 2. The highest BCUT2D eigenvalue weighted by Crippen LogP contribution is 2.18. The number of benzene rings is 1. The van der Waals surface area contributed by atoms with E-state index in [1.165, 1.54) is 26.2 Å². The molecule has 0 spiro atoms. The zero-order chi connectivity index (χ0) is 18.0. The van der Waals surface area contributed by atoms with Crippen molar-refractivity contribution in [2.24, 2.45) is 0 Å². The van der Waals surface area contributed by atoms with Crippen LogP contribution < -0.4 is 10.6 Å². The maximum absolute atomic E-state index is 12.1. The minimum atomic E-state index is -3.55. The van der Waals surface area contributed by atoms with Crippen molar-refractivity contribution in [3.05, 3.63) is 35.9 Å². The van der Waals surface area contributed by atoms with E-state index < -0.39 is 16.1 Å². The van der Waals surface area contributed by atoms with Crippen molar-refractivity contribution in [1.29, 1.82) is 0 Å². The van der Waals surface area contributed by atoms with Gasteiger partial charge in [0.05, 0.1) is 11.4 Å². The van der Waals surface area contributed by atoms with Gasteiger partial charge in [0.15, 0.2) is 5.82 Å². The molecule has 0 bridgehead atoms. The van der Waals surface area contributed by atoms with Gasteiger partial charge in [-0.05, 0) is 24.6 Å². The van der Waals surface area contributed by atoms with Crippen LogP contribution in [0.15, 0.2) is 29.2 Å². The van der Waals surface area contributed by atoms with Crippen LogP contribution in [0.4, 0.5) is 10.5 Å². The molecule has 0 radical (unpaired) electrons. The second-order valence-electron chi connectivity index (χ2n) is 5.91. The molecule has 10 heteroatoms. The van der Waals surface area contributed by atoms with Gasteiger partial charge in [-0.1, -0.05) is 6.07 Å². The molecular weight excluding hydrogens is 344 g/mol. The average Bonchev–Trinajstić information content (AvgIpc) is 3.17. The van der Waals surface area contributed by atoms with Gasteiger partial charge in [-0.3, -0.25) is 0 Å². The number of anilines is 1. The third-order valence-electron chi connectivity index (χ3n) is 3.96. The summed E-state index contributed by atoms with van der Waals surface area (Å²) < 4.78 is 27.4. The van der Waals surface area contributed by atoms with Crippen molar-refractivity contribution >= 4 is 21.7 Å². The molecule has 1 aliphatic heterocycles. The van der Waals surface area contributed by atoms with E-state index in [1.807, 2.05) is 4.57 Å². The zero-order valence-electron chi connectivity index (χ0n) is 14.1. The highest BCUT2D eigenvalue weighted by molar-refractivity contribution is 7.89. The summed E-state index contributed by atoms with van der Waals surface area (Å²) in [5.41, 5.74) is 0.395. The van der Waals surface area contributed by atoms with Crippen molar-refractivity contribution < 1.29 is 13.2 Å². The van der Waals surface area contributed by atoms with Crippen molar-refractivity contribution in [2.75, 3.05) is 19.4 Å². The largest absolute Gasteiger partial charge is 0.331 e. The van der Waals surface area contributed by atoms with Gasteiger partial charge in [0.1, 0.15) is 5.82 Å². The van der Waals surface area contributed by atoms with Crippen LogP contribution in [0.2, 0.25) is 0 Å². The number of nitrogens with one attached hydrogen (secondary N) is 2. The fourth-order valence-corrected chi connectivity index (χ4v) is 3.57. The molecule has 0 aliphatic carbocycles. The Balaban J connectivity index is 1.63. The maximum Gasteiger partial charge on any atom is 0.319 e. The molecule has 3 rings (SSSR count). The van der Waals surface area contributed by atoms with Gasteiger partial charge in [-0.15, -0.1) is 10.2 Å². The summed E-state index contributed by atoms with van der Waals surface area (Å²) in [6.07, 6.45) is 1.95. The molecule has 9 nitrogen and oxygen atoms in total. The van der Waals surface area contributed by atoms with Crippen LogP contribution >= 0.6 is 0 Å². The van der Waals surface area contributed by atoms with E-state index >= 15 is 0 Å². The predicted molar refractivity (Wildman–Crippen MR) is 91.5 cm³/mol. The SMILES string of the molecule is CN(C)S(=O)(=O)c1cccc(NC(=O)NCc2nnc3n2CCC3)c1. The first-order valence-electron chi connectivity index (χ1n) is 7.86. The molecule has 0 unspecified atom stereocenters. The molecule has 1 aliphatic rings. The van der Waals surface area contributed by atoms with E-state index in [4.69, 9.17) is 0 Å². The molecule has 2 amide bonds. The zero-order valence-corrected chi connectivity index (χ0v) is 14.9. The fourth-order valence-electron chi connectivity index (χ4n) is 2.62. The Labute approximate surface area is 146 Å². The summed E-state index contributed by atoms with van der Waals surface area (Å²) in [6, 6.07) is 5.68. The summed E-state index contributed by atoms with van der Waals surface area (Å²) in [5.74, 6) is 1.66. The number of fused-ring (bicyclic) bond motifs is 1.